The molecule has 29 heavy (non-hydrogen) atoms. The molecule has 2 aliphatic carbocycles. The molecule has 0 unspecified atom stereocenters. The van der Waals surface area contributed by atoms with E-state index < -0.39 is 47.9 Å². The van der Waals surface area contributed by atoms with Crippen molar-refractivity contribution in [1.82, 2.24) is 0 Å². The quantitative estimate of drug-likeness (QED) is 0.321. The number of carbonyl (C=O) groups excluding carboxylic acids is 3. The summed E-state index contributed by atoms with van der Waals surface area (Å²) in [5, 5.41) is 11.0. The molecule has 0 aromatic rings. The molecule has 0 bridgehead atoms. The topological polar surface area (TPSA) is 112 Å². The largest absolute Gasteiger partial charge is 0.463 e. The number of aliphatic hydroxyl groups excluding tert-OH is 1. The Balaban J connectivity index is 1.97. The van der Waals surface area contributed by atoms with E-state index in [2.05, 4.69) is 20.4 Å². The minimum atomic E-state index is -1.06. The van der Waals surface area contributed by atoms with Crippen LogP contribution < -0.4 is 0 Å². The first-order chi connectivity index (χ1) is 13.4. The van der Waals surface area contributed by atoms with E-state index in [1.165, 1.54) is 20.8 Å². The second kappa shape index (κ2) is 7.40. The van der Waals surface area contributed by atoms with Gasteiger partial charge in [0.25, 0.3) is 0 Å². The minimum absolute atomic E-state index is 0.0183. The normalized spacial score (nSPS) is 40.0. The van der Waals surface area contributed by atoms with Crippen LogP contribution in [-0.4, -0.2) is 59.6 Å². The van der Waals surface area contributed by atoms with E-state index in [4.69, 9.17) is 18.9 Å². The van der Waals surface area contributed by atoms with Crippen LogP contribution >= 0.6 is 0 Å². The van der Waals surface area contributed by atoms with Crippen molar-refractivity contribution in [3.8, 4) is 0 Å². The molecule has 1 N–H and O–H groups in total. The van der Waals surface area contributed by atoms with E-state index in [1.807, 2.05) is 0 Å². The molecular weight excluding hydrogens is 380 g/mol. The maximum Gasteiger partial charge on any atom is 0.303 e. The molecule has 2 saturated carbocycles. The third-order valence-corrected chi connectivity index (χ3v) is 6.64. The first-order valence-corrected chi connectivity index (χ1v) is 9.93. The van der Waals surface area contributed by atoms with Crippen molar-refractivity contribution in [1.29, 1.82) is 0 Å². The fourth-order valence-electron chi connectivity index (χ4n) is 4.97. The second-order valence-corrected chi connectivity index (χ2v) is 9.00. The van der Waals surface area contributed by atoms with Gasteiger partial charge in [0.1, 0.15) is 18.3 Å². The third kappa shape index (κ3) is 4.05. The molecule has 1 aliphatic heterocycles. The van der Waals surface area contributed by atoms with Gasteiger partial charge < -0.3 is 24.1 Å². The van der Waals surface area contributed by atoms with Crippen LogP contribution in [0.3, 0.4) is 0 Å². The first-order valence-electron chi connectivity index (χ1n) is 9.93. The van der Waals surface area contributed by atoms with Gasteiger partial charge in [-0.05, 0) is 35.7 Å². The lowest BCUT2D eigenvalue weighted by Gasteiger charge is -2.31. The van der Waals surface area contributed by atoms with Crippen LogP contribution in [0.5, 0.6) is 0 Å². The summed E-state index contributed by atoms with van der Waals surface area (Å²) in [6.45, 7) is 12.0. The minimum Gasteiger partial charge on any atom is -0.463 e. The van der Waals surface area contributed by atoms with Crippen molar-refractivity contribution in [2.45, 2.75) is 77.5 Å². The SMILES string of the molecule is C=C1[C@@H](OC(C)=O)[C@@H](OC(C)=O)[C@@H]2O[C@@]2(COC(C)=O)CC[C@@H]2[C@H]([C@H]1O)C2(C)C. The fraction of sp³-hybridized carbons (Fsp3) is 0.762. The zero-order chi connectivity index (χ0) is 21.7. The molecule has 0 amide bonds. The highest BCUT2D eigenvalue weighted by Gasteiger charge is 2.69. The molecule has 0 aromatic heterocycles. The van der Waals surface area contributed by atoms with Gasteiger partial charge in [0, 0.05) is 20.8 Å². The van der Waals surface area contributed by atoms with Gasteiger partial charge in [-0.25, -0.2) is 0 Å². The van der Waals surface area contributed by atoms with E-state index in [1.54, 1.807) is 0 Å². The van der Waals surface area contributed by atoms with E-state index in [9.17, 15) is 19.5 Å². The average Bonchev–Trinajstić information content (AvgIpc) is 3.45. The van der Waals surface area contributed by atoms with Crippen LogP contribution in [0.15, 0.2) is 12.2 Å². The number of esters is 3. The van der Waals surface area contributed by atoms with E-state index in [0.717, 1.165) is 6.42 Å². The summed E-state index contributed by atoms with van der Waals surface area (Å²) >= 11 is 0. The highest BCUT2D eigenvalue weighted by molar-refractivity contribution is 5.68. The van der Waals surface area contributed by atoms with E-state index in [-0.39, 0.29) is 29.4 Å². The zero-order valence-corrected chi connectivity index (χ0v) is 17.6. The molecule has 3 aliphatic rings. The number of epoxide rings is 1. The van der Waals surface area contributed by atoms with Gasteiger partial charge in [0.15, 0.2) is 12.2 Å². The summed E-state index contributed by atoms with van der Waals surface area (Å²) in [5.41, 5.74) is -0.668. The number of hydrogen-bond donors (Lipinski definition) is 1. The van der Waals surface area contributed by atoms with Gasteiger partial charge in [0.2, 0.25) is 0 Å². The van der Waals surface area contributed by atoms with E-state index >= 15 is 0 Å². The average molecular weight is 410 g/mol. The molecular formula is C21H30O8. The summed E-state index contributed by atoms with van der Waals surface area (Å²) in [6, 6.07) is 0. The molecule has 1 saturated heterocycles. The van der Waals surface area contributed by atoms with Crippen LogP contribution in [0.1, 0.15) is 47.5 Å². The van der Waals surface area contributed by atoms with Crippen molar-refractivity contribution in [2.75, 3.05) is 6.61 Å². The highest BCUT2D eigenvalue weighted by atomic mass is 16.7. The Morgan fingerprint density at radius 2 is 1.76 bits per heavy atom. The lowest BCUT2D eigenvalue weighted by molar-refractivity contribution is -0.165. The summed E-state index contributed by atoms with van der Waals surface area (Å²) in [6.07, 6.45) is -2.28. The summed E-state index contributed by atoms with van der Waals surface area (Å²) in [4.78, 5) is 35.0. The molecule has 0 spiro atoms. The third-order valence-electron chi connectivity index (χ3n) is 6.64. The second-order valence-electron chi connectivity index (χ2n) is 9.00. The number of hydrogen-bond acceptors (Lipinski definition) is 8. The molecule has 8 nitrogen and oxygen atoms in total. The van der Waals surface area contributed by atoms with Crippen LogP contribution in [0.2, 0.25) is 0 Å². The van der Waals surface area contributed by atoms with Gasteiger partial charge in [-0.2, -0.15) is 0 Å². The van der Waals surface area contributed by atoms with Crippen LogP contribution in [0.4, 0.5) is 0 Å². The number of fused-ring (bicyclic) bond motifs is 2. The Morgan fingerprint density at radius 1 is 1.14 bits per heavy atom. The summed E-state index contributed by atoms with van der Waals surface area (Å²) in [7, 11) is 0. The molecule has 0 aromatic carbocycles. The lowest BCUT2D eigenvalue weighted by Crippen LogP contribution is -2.46. The van der Waals surface area contributed by atoms with Crippen molar-refractivity contribution in [2.24, 2.45) is 17.3 Å². The maximum atomic E-state index is 11.8. The fourth-order valence-corrected chi connectivity index (χ4v) is 4.97. The summed E-state index contributed by atoms with van der Waals surface area (Å²) in [5.74, 6) is -1.44. The number of ether oxygens (including phenoxy) is 4. The van der Waals surface area contributed by atoms with Gasteiger partial charge in [0.05, 0.1) is 6.10 Å². The predicted molar refractivity (Wildman–Crippen MR) is 100 cm³/mol. The van der Waals surface area contributed by atoms with Crippen molar-refractivity contribution in [3.63, 3.8) is 0 Å². The Bertz CT molecular complexity index is 728. The molecule has 0 radical (unpaired) electrons. The Labute approximate surface area is 170 Å². The molecule has 7 atom stereocenters. The van der Waals surface area contributed by atoms with Gasteiger partial charge >= 0.3 is 17.9 Å². The van der Waals surface area contributed by atoms with Crippen molar-refractivity contribution < 1.29 is 38.4 Å². The molecule has 1 heterocycles. The maximum absolute atomic E-state index is 11.8. The lowest BCUT2D eigenvalue weighted by atomic mass is 9.86. The van der Waals surface area contributed by atoms with Crippen LogP contribution in [0.25, 0.3) is 0 Å². The monoisotopic (exact) mass is 410 g/mol. The van der Waals surface area contributed by atoms with Crippen molar-refractivity contribution >= 4 is 17.9 Å². The number of carbonyl (C=O) groups is 3. The van der Waals surface area contributed by atoms with E-state index in [0.29, 0.717) is 6.42 Å². The number of rotatable bonds is 4. The van der Waals surface area contributed by atoms with Crippen LogP contribution in [-0.2, 0) is 33.3 Å². The van der Waals surface area contributed by atoms with Gasteiger partial charge in [-0.3, -0.25) is 14.4 Å². The molecule has 162 valence electrons. The highest BCUT2D eigenvalue weighted by Crippen LogP contribution is 2.65. The Morgan fingerprint density at radius 3 is 2.31 bits per heavy atom. The van der Waals surface area contributed by atoms with Gasteiger partial charge in [-0.15, -0.1) is 0 Å². The van der Waals surface area contributed by atoms with Gasteiger partial charge in [-0.1, -0.05) is 20.4 Å². The zero-order valence-electron chi connectivity index (χ0n) is 17.6. The Kier molecular flexibility index (Phi) is 5.55. The first kappa shape index (κ1) is 21.8. The summed E-state index contributed by atoms with van der Waals surface area (Å²) < 4.78 is 22.1. The standard InChI is InChI=1S/C21H30O8/c1-10-16(25)15-14(20(15,5)6)7-8-21(9-26-11(2)22)19(29-21)18(28-13(4)24)17(10)27-12(3)23/h14-19,25H,1,7-9H2,2-6H3/t14-,15-,16+,17-,18-,19+,21-/m1/s1. The smallest absolute Gasteiger partial charge is 0.303 e. The molecule has 3 rings (SSSR count). The van der Waals surface area contributed by atoms with Crippen LogP contribution in [0, 0.1) is 17.3 Å². The molecule has 3 fully saturated rings. The van der Waals surface area contributed by atoms with Crippen molar-refractivity contribution in [3.05, 3.63) is 12.2 Å². The predicted octanol–water partition coefficient (Wildman–Crippen LogP) is 1.53. The molecule has 8 heteroatoms. The number of aliphatic hydroxyl groups is 1. The Hall–Kier alpha value is -1.93.